The van der Waals surface area contributed by atoms with Crippen molar-refractivity contribution in [1.82, 2.24) is 19.9 Å². The third-order valence-electron chi connectivity index (χ3n) is 4.44. The predicted octanol–water partition coefficient (Wildman–Crippen LogP) is 2.76. The smallest absolute Gasteiger partial charge is 0.261 e. The summed E-state index contributed by atoms with van der Waals surface area (Å²) in [6, 6.07) is 9.28. The van der Waals surface area contributed by atoms with E-state index in [4.69, 9.17) is 0 Å². The Morgan fingerprint density at radius 3 is 2.77 bits per heavy atom. The number of aromatic nitrogens is 3. The lowest BCUT2D eigenvalue weighted by Gasteiger charge is -2.14. The van der Waals surface area contributed by atoms with Crippen molar-refractivity contribution < 1.29 is 4.79 Å². The van der Waals surface area contributed by atoms with Crippen LogP contribution in [0.3, 0.4) is 0 Å². The lowest BCUT2D eigenvalue weighted by atomic mass is 10.1. The molecule has 0 spiro atoms. The molecule has 3 aromatic rings. The molecule has 0 radical (unpaired) electrons. The zero-order chi connectivity index (χ0) is 18.5. The molecule has 0 aliphatic rings. The molecular formula is C20H22N4O2. The number of hydrogen-bond acceptors (Lipinski definition) is 4. The van der Waals surface area contributed by atoms with Crippen molar-refractivity contribution in [3.63, 3.8) is 0 Å². The lowest BCUT2D eigenvalue weighted by Crippen LogP contribution is -2.27. The van der Waals surface area contributed by atoms with Gasteiger partial charge in [-0.15, -0.1) is 0 Å². The van der Waals surface area contributed by atoms with Crippen LogP contribution in [-0.4, -0.2) is 20.4 Å². The minimum absolute atomic E-state index is 0.0352. The van der Waals surface area contributed by atoms with Gasteiger partial charge in [0, 0.05) is 25.4 Å². The third kappa shape index (κ3) is 3.96. The van der Waals surface area contributed by atoms with Crippen molar-refractivity contribution >= 4 is 16.8 Å². The van der Waals surface area contributed by atoms with Crippen molar-refractivity contribution in [1.29, 1.82) is 0 Å². The van der Waals surface area contributed by atoms with E-state index in [0.29, 0.717) is 24.8 Å². The average molecular weight is 350 g/mol. The summed E-state index contributed by atoms with van der Waals surface area (Å²) < 4.78 is 1.57. The summed E-state index contributed by atoms with van der Waals surface area (Å²) in [5.41, 5.74) is 2.66. The maximum Gasteiger partial charge on any atom is 0.261 e. The quantitative estimate of drug-likeness (QED) is 0.741. The summed E-state index contributed by atoms with van der Waals surface area (Å²) in [5, 5.41) is 3.58. The van der Waals surface area contributed by atoms with Gasteiger partial charge in [-0.25, -0.2) is 4.98 Å². The van der Waals surface area contributed by atoms with E-state index in [1.807, 2.05) is 38.1 Å². The van der Waals surface area contributed by atoms with Crippen LogP contribution in [0.5, 0.6) is 0 Å². The van der Waals surface area contributed by atoms with Crippen molar-refractivity contribution in [2.45, 2.75) is 39.3 Å². The van der Waals surface area contributed by atoms with Crippen LogP contribution >= 0.6 is 0 Å². The number of para-hydroxylation sites is 1. The number of benzene rings is 1. The first-order chi connectivity index (χ1) is 12.6. The molecule has 1 N–H and O–H groups in total. The van der Waals surface area contributed by atoms with Crippen LogP contribution in [0.25, 0.3) is 10.9 Å². The fourth-order valence-electron chi connectivity index (χ4n) is 2.96. The topological polar surface area (TPSA) is 76.9 Å². The Bertz CT molecular complexity index is 966. The van der Waals surface area contributed by atoms with Crippen LogP contribution < -0.4 is 10.9 Å². The van der Waals surface area contributed by atoms with Crippen LogP contribution in [0.2, 0.25) is 0 Å². The number of carbonyl (C=O) groups is 1. The molecular weight excluding hydrogens is 328 g/mol. The fraction of sp³-hybridized carbons (Fsp3) is 0.300. The van der Waals surface area contributed by atoms with E-state index in [0.717, 1.165) is 16.6 Å². The summed E-state index contributed by atoms with van der Waals surface area (Å²) in [7, 11) is 0. The van der Waals surface area contributed by atoms with E-state index in [-0.39, 0.29) is 17.5 Å². The van der Waals surface area contributed by atoms with Gasteiger partial charge in [-0.3, -0.25) is 19.1 Å². The molecule has 1 unspecified atom stereocenters. The molecule has 1 aromatic carbocycles. The van der Waals surface area contributed by atoms with E-state index in [2.05, 4.69) is 15.3 Å². The highest BCUT2D eigenvalue weighted by atomic mass is 16.1. The highest BCUT2D eigenvalue weighted by Gasteiger charge is 2.10. The van der Waals surface area contributed by atoms with Crippen LogP contribution in [0, 0.1) is 6.92 Å². The van der Waals surface area contributed by atoms with Crippen LogP contribution in [0.1, 0.15) is 36.9 Å². The van der Waals surface area contributed by atoms with Crippen molar-refractivity contribution in [2.75, 3.05) is 0 Å². The molecule has 6 nitrogen and oxygen atoms in total. The normalized spacial score (nSPS) is 12.1. The summed E-state index contributed by atoms with van der Waals surface area (Å²) in [6.07, 6.45) is 5.91. The molecule has 0 saturated carbocycles. The van der Waals surface area contributed by atoms with Crippen LogP contribution in [0.4, 0.5) is 0 Å². The molecule has 2 aromatic heterocycles. The minimum atomic E-state index is -0.0708. The molecule has 0 bridgehead atoms. The van der Waals surface area contributed by atoms with E-state index in [9.17, 15) is 9.59 Å². The minimum Gasteiger partial charge on any atom is -0.350 e. The first-order valence-corrected chi connectivity index (χ1v) is 8.70. The van der Waals surface area contributed by atoms with Gasteiger partial charge in [-0.05, 0) is 49.6 Å². The summed E-state index contributed by atoms with van der Waals surface area (Å²) in [6.45, 7) is 4.34. The number of rotatable bonds is 6. The molecule has 0 aliphatic carbocycles. The second-order valence-corrected chi connectivity index (χ2v) is 6.39. The van der Waals surface area contributed by atoms with E-state index in [1.165, 1.54) is 0 Å². The van der Waals surface area contributed by atoms with E-state index in [1.54, 1.807) is 29.4 Å². The first kappa shape index (κ1) is 17.8. The van der Waals surface area contributed by atoms with E-state index < -0.39 is 0 Å². The van der Waals surface area contributed by atoms with Gasteiger partial charge in [-0.1, -0.05) is 12.1 Å². The molecule has 134 valence electrons. The van der Waals surface area contributed by atoms with Gasteiger partial charge in [0.05, 0.1) is 23.3 Å². The molecule has 0 saturated heterocycles. The number of carbonyl (C=O) groups excluding carboxylic acids is 1. The van der Waals surface area contributed by atoms with Crippen molar-refractivity contribution in [2.24, 2.45) is 0 Å². The standard InChI is InChI=1S/C20H22N4O2/c1-14-5-3-6-17-19(14)22-13-24(20(17)26)12-4-7-18(25)23-15(2)16-8-10-21-11-9-16/h3,5-6,8-11,13,15H,4,7,12H2,1-2H3,(H,23,25). The first-order valence-electron chi connectivity index (χ1n) is 8.70. The number of pyridine rings is 1. The maximum atomic E-state index is 12.5. The number of hydrogen-bond donors (Lipinski definition) is 1. The summed E-state index contributed by atoms with van der Waals surface area (Å²) >= 11 is 0. The number of fused-ring (bicyclic) bond motifs is 1. The van der Waals surface area contributed by atoms with Gasteiger partial charge in [0.25, 0.3) is 5.56 Å². The highest BCUT2D eigenvalue weighted by Crippen LogP contribution is 2.12. The molecule has 2 heterocycles. The largest absolute Gasteiger partial charge is 0.350 e. The van der Waals surface area contributed by atoms with Crippen LogP contribution in [0.15, 0.2) is 53.8 Å². The van der Waals surface area contributed by atoms with Gasteiger partial charge in [0.2, 0.25) is 5.91 Å². The van der Waals surface area contributed by atoms with Crippen molar-refractivity contribution in [3.8, 4) is 0 Å². The summed E-state index contributed by atoms with van der Waals surface area (Å²) in [5.74, 6) is -0.0352. The zero-order valence-corrected chi connectivity index (χ0v) is 15.0. The Labute approximate surface area is 151 Å². The SMILES string of the molecule is Cc1cccc2c(=O)n(CCCC(=O)NC(C)c3ccncc3)cnc12. The second-order valence-electron chi connectivity index (χ2n) is 6.39. The average Bonchev–Trinajstić information content (AvgIpc) is 2.65. The van der Waals surface area contributed by atoms with Gasteiger partial charge in [0.15, 0.2) is 0 Å². The van der Waals surface area contributed by atoms with Crippen LogP contribution in [-0.2, 0) is 11.3 Å². The molecule has 0 fully saturated rings. The predicted molar refractivity (Wildman–Crippen MR) is 101 cm³/mol. The third-order valence-corrected chi connectivity index (χ3v) is 4.44. The fourth-order valence-corrected chi connectivity index (χ4v) is 2.96. The highest BCUT2D eigenvalue weighted by molar-refractivity contribution is 5.80. The second kappa shape index (κ2) is 7.91. The molecule has 1 amide bonds. The Balaban J connectivity index is 1.58. The summed E-state index contributed by atoms with van der Waals surface area (Å²) in [4.78, 5) is 33.0. The molecule has 1 atom stereocenters. The Kier molecular flexibility index (Phi) is 5.41. The number of amides is 1. The molecule has 26 heavy (non-hydrogen) atoms. The van der Waals surface area contributed by atoms with Gasteiger partial charge in [0.1, 0.15) is 0 Å². The molecule has 0 aliphatic heterocycles. The maximum absolute atomic E-state index is 12.5. The van der Waals surface area contributed by atoms with Gasteiger partial charge < -0.3 is 5.32 Å². The Morgan fingerprint density at radius 2 is 2.00 bits per heavy atom. The zero-order valence-electron chi connectivity index (χ0n) is 15.0. The van der Waals surface area contributed by atoms with E-state index >= 15 is 0 Å². The Hall–Kier alpha value is -3.02. The van der Waals surface area contributed by atoms with Gasteiger partial charge >= 0.3 is 0 Å². The van der Waals surface area contributed by atoms with Gasteiger partial charge in [-0.2, -0.15) is 0 Å². The molecule has 3 rings (SSSR count). The Morgan fingerprint density at radius 1 is 1.23 bits per heavy atom. The molecule has 6 heteroatoms. The number of nitrogens with zero attached hydrogens (tertiary/aromatic N) is 3. The van der Waals surface area contributed by atoms with Crippen molar-refractivity contribution in [3.05, 3.63) is 70.5 Å². The number of aryl methyl sites for hydroxylation is 2. The number of nitrogens with one attached hydrogen (secondary N) is 1. The lowest BCUT2D eigenvalue weighted by molar-refractivity contribution is -0.121. The monoisotopic (exact) mass is 350 g/mol.